The molecule has 118 valence electrons. The van der Waals surface area contributed by atoms with Gasteiger partial charge in [0.25, 0.3) is 0 Å². The minimum atomic E-state index is -3.52. The van der Waals surface area contributed by atoms with Gasteiger partial charge in [0.1, 0.15) is 0 Å². The number of hydrogen-bond donors (Lipinski definition) is 1. The largest absolute Gasteiger partial charge is 0.398 e. The molecule has 0 aromatic heterocycles. The third-order valence-corrected chi connectivity index (χ3v) is 6.20. The van der Waals surface area contributed by atoms with Crippen molar-refractivity contribution in [3.63, 3.8) is 0 Å². The normalized spacial score (nSPS) is 19.9. The second-order valence-corrected chi connectivity index (χ2v) is 7.78. The number of benzene rings is 1. The van der Waals surface area contributed by atoms with Gasteiger partial charge < -0.3 is 10.5 Å². The molecule has 1 heterocycles. The Morgan fingerprint density at radius 3 is 2.71 bits per heavy atom. The second-order valence-electron chi connectivity index (χ2n) is 5.79. The molecule has 1 aromatic carbocycles. The molecule has 0 bridgehead atoms. The number of nitrogen functional groups attached to an aromatic ring is 1. The van der Waals surface area contributed by atoms with Crippen molar-refractivity contribution in [1.29, 1.82) is 0 Å². The SMILES string of the molecule is Cc1ccc(N)c(C)c1S(=O)(=O)N(C)CC1CCCOC1. The first-order valence-corrected chi connectivity index (χ1v) is 8.67. The van der Waals surface area contributed by atoms with Crippen molar-refractivity contribution < 1.29 is 13.2 Å². The lowest BCUT2D eigenvalue weighted by atomic mass is 10.0. The van der Waals surface area contributed by atoms with Crippen LogP contribution in [0.1, 0.15) is 24.0 Å². The van der Waals surface area contributed by atoms with Gasteiger partial charge in [-0.25, -0.2) is 12.7 Å². The third-order valence-electron chi connectivity index (χ3n) is 4.08. The number of rotatable bonds is 4. The van der Waals surface area contributed by atoms with Gasteiger partial charge in [0.15, 0.2) is 0 Å². The third kappa shape index (κ3) is 3.39. The first-order valence-electron chi connectivity index (χ1n) is 7.23. The molecule has 1 atom stereocenters. The average molecular weight is 312 g/mol. The molecule has 0 spiro atoms. The molecule has 1 aromatic rings. The zero-order valence-electron chi connectivity index (χ0n) is 12.9. The molecule has 21 heavy (non-hydrogen) atoms. The Bertz CT molecular complexity index is 608. The van der Waals surface area contributed by atoms with Gasteiger partial charge in [-0.1, -0.05) is 6.07 Å². The summed E-state index contributed by atoms with van der Waals surface area (Å²) in [5.41, 5.74) is 7.73. The van der Waals surface area contributed by atoms with Gasteiger partial charge in [-0.15, -0.1) is 0 Å². The van der Waals surface area contributed by atoms with Gasteiger partial charge >= 0.3 is 0 Å². The van der Waals surface area contributed by atoms with E-state index in [9.17, 15) is 8.42 Å². The van der Waals surface area contributed by atoms with Crippen LogP contribution in [0.2, 0.25) is 0 Å². The summed E-state index contributed by atoms with van der Waals surface area (Å²) < 4.78 is 32.5. The van der Waals surface area contributed by atoms with E-state index in [0.717, 1.165) is 25.0 Å². The predicted octanol–water partition coefficient (Wildman–Crippen LogP) is 1.93. The lowest BCUT2D eigenvalue weighted by Gasteiger charge is -2.27. The predicted molar refractivity (Wildman–Crippen MR) is 83.7 cm³/mol. The summed E-state index contributed by atoms with van der Waals surface area (Å²) >= 11 is 0. The lowest BCUT2D eigenvalue weighted by Crippen LogP contribution is -2.35. The highest BCUT2D eigenvalue weighted by Gasteiger charge is 2.28. The molecular formula is C15H24N2O3S. The van der Waals surface area contributed by atoms with E-state index in [0.29, 0.717) is 29.3 Å². The first-order chi connectivity index (χ1) is 9.84. The van der Waals surface area contributed by atoms with Gasteiger partial charge in [-0.05, 0) is 49.8 Å². The van der Waals surface area contributed by atoms with Crippen molar-refractivity contribution in [2.75, 3.05) is 32.5 Å². The molecule has 0 aliphatic carbocycles. The summed E-state index contributed by atoms with van der Waals surface area (Å²) in [4.78, 5) is 0.335. The molecule has 1 unspecified atom stereocenters. The quantitative estimate of drug-likeness (QED) is 0.862. The number of aryl methyl sites for hydroxylation is 1. The number of anilines is 1. The van der Waals surface area contributed by atoms with Gasteiger partial charge in [0, 0.05) is 25.9 Å². The highest BCUT2D eigenvalue weighted by Crippen LogP contribution is 2.28. The van der Waals surface area contributed by atoms with E-state index < -0.39 is 10.0 Å². The molecule has 1 fully saturated rings. The molecule has 0 amide bonds. The maximum atomic E-state index is 12.8. The van der Waals surface area contributed by atoms with E-state index in [1.165, 1.54) is 4.31 Å². The molecule has 2 N–H and O–H groups in total. The molecule has 1 aliphatic heterocycles. The Morgan fingerprint density at radius 1 is 1.38 bits per heavy atom. The fourth-order valence-electron chi connectivity index (χ4n) is 2.81. The van der Waals surface area contributed by atoms with Gasteiger partial charge in [-0.3, -0.25) is 0 Å². The zero-order valence-corrected chi connectivity index (χ0v) is 13.7. The molecule has 1 aliphatic rings. The summed E-state index contributed by atoms with van der Waals surface area (Å²) in [7, 11) is -1.89. The minimum Gasteiger partial charge on any atom is -0.398 e. The lowest BCUT2D eigenvalue weighted by molar-refractivity contribution is 0.0495. The molecular weight excluding hydrogens is 288 g/mol. The van der Waals surface area contributed by atoms with Crippen molar-refractivity contribution in [1.82, 2.24) is 4.31 Å². The Balaban J connectivity index is 2.27. The molecule has 5 nitrogen and oxygen atoms in total. The van der Waals surface area contributed by atoms with Crippen LogP contribution in [0.3, 0.4) is 0 Å². The molecule has 2 rings (SSSR count). The Morgan fingerprint density at radius 2 is 2.10 bits per heavy atom. The number of nitrogens with two attached hydrogens (primary N) is 1. The summed E-state index contributed by atoms with van der Waals surface area (Å²) in [5, 5.41) is 0. The van der Waals surface area contributed by atoms with E-state index in [1.54, 1.807) is 33.0 Å². The van der Waals surface area contributed by atoms with Crippen LogP contribution in [-0.2, 0) is 14.8 Å². The molecule has 1 saturated heterocycles. The van der Waals surface area contributed by atoms with E-state index in [2.05, 4.69) is 0 Å². The van der Waals surface area contributed by atoms with Crippen molar-refractivity contribution in [2.24, 2.45) is 5.92 Å². The summed E-state index contributed by atoms with van der Waals surface area (Å²) in [6.07, 6.45) is 2.00. The monoisotopic (exact) mass is 312 g/mol. The average Bonchev–Trinajstić information content (AvgIpc) is 2.44. The van der Waals surface area contributed by atoms with E-state index in [1.807, 2.05) is 0 Å². The van der Waals surface area contributed by atoms with Gasteiger partial charge in [0.05, 0.1) is 11.5 Å². The number of nitrogens with zero attached hydrogens (tertiary/aromatic N) is 1. The van der Waals surface area contributed by atoms with Crippen LogP contribution in [-0.4, -0.2) is 39.5 Å². The van der Waals surface area contributed by atoms with Crippen LogP contribution in [0.15, 0.2) is 17.0 Å². The first kappa shape index (κ1) is 16.3. The van der Waals surface area contributed by atoms with Gasteiger partial charge in [-0.2, -0.15) is 0 Å². The van der Waals surface area contributed by atoms with E-state index >= 15 is 0 Å². The molecule has 6 heteroatoms. The number of hydrogen-bond acceptors (Lipinski definition) is 4. The van der Waals surface area contributed by atoms with Crippen LogP contribution in [0, 0.1) is 19.8 Å². The van der Waals surface area contributed by atoms with Crippen LogP contribution in [0.25, 0.3) is 0 Å². The maximum Gasteiger partial charge on any atom is 0.243 e. The van der Waals surface area contributed by atoms with Crippen molar-refractivity contribution in [3.05, 3.63) is 23.3 Å². The minimum absolute atomic E-state index is 0.264. The number of ether oxygens (including phenoxy) is 1. The fraction of sp³-hybridized carbons (Fsp3) is 0.600. The smallest absolute Gasteiger partial charge is 0.243 e. The Labute approximate surface area is 127 Å². The Hall–Kier alpha value is -1.11. The van der Waals surface area contributed by atoms with Gasteiger partial charge in [0.2, 0.25) is 10.0 Å². The molecule has 0 saturated carbocycles. The summed E-state index contributed by atoms with van der Waals surface area (Å²) in [6, 6.07) is 3.51. The standard InChI is InChI=1S/C15H24N2O3S/c1-11-6-7-14(16)12(2)15(11)21(18,19)17(3)9-13-5-4-8-20-10-13/h6-7,13H,4-5,8-10,16H2,1-3H3. The van der Waals surface area contributed by atoms with Crippen molar-refractivity contribution in [2.45, 2.75) is 31.6 Å². The van der Waals surface area contributed by atoms with Crippen LogP contribution in [0.5, 0.6) is 0 Å². The molecule has 0 radical (unpaired) electrons. The van der Waals surface area contributed by atoms with E-state index in [4.69, 9.17) is 10.5 Å². The van der Waals surface area contributed by atoms with Crippen molar-refractivity contribution in [3.8, 4) is 0 Å². The van der Waals surface area contributed by atoms with Crippen LogP contribution < -0.4 is 5.73 Å². The maximum absolute atomic E-state index is 12.8. The highest BCUT2D eigenvalue weighted by molar-refractivity contribution is 7.89. The van der Waals surface area contributed by atoms with E-state index in [-0.39, 0.29) is 5.92 Å². The Kier molecular flexibility index (Phi) is 4.91. The van der Waals surface area contributed by atoms with Crippen LogP contribution >= 0.6 is 0 Å². The zero-order chi connectivity index (χ0) is 15.6. The summed E-state index contributed by atoms with van der Waals surface area (Å²) in [6.45, 7) is 5.45. The van der Waals surface area contributed by atoms with Crippen molar-refractivity contribution >= 4 is 15.7 Å². The second kappa shape index (κ2) is 6.34. The summed E-state index contributed by atoms with van der Waals surface area (Å²) in [5.74, 6) is 0.264. The highest BCUT2D eigenvalue weighted by atomic mass is 32.2. The fourth-order valence-corrected chi connectivity index (χ4v) is 4.51. The van der Waals surface area contributed by atoms with Crippen LogP contribution in [0.4, 0.5) is 5.69 Å². The topological polar surface area (TPSA) is 72.6 Å². The number of sulfonamides is 1.